The number of aliphatic carboxylic acids is 1. The molecule has 4 heteroatoms. The molecule has 0 aromatic carbocycles. The molecule has 17 heavy (non-hydrogen) atoms. The lowest BCUT2D eigenvalue weighted by atomic mass is 10.0. The second-order valence-electron chi connectivity index (χ2n) is 5.83. The van der Waals surface area contributed by atoms with E-state index in [0.717, 1.165) is 24.8 Å². The topological polar surface area (TPSA) is 49.8 Å². The minimum atomic E-state index is -0.800. The third-order valence-corrected chi connectivity index (χ3v) is 4.65. The molecule has 0 radical (unpaired) electrons. The summed E-state index contributed by atoms with van der Waals surface area (Å²) in [5.41, 5.74) is 0. The van der Waals surface area contributed by atoms with Gasteiger partial charge in [-0.25, -0.2) is 4.79 Å². The summed E-state index contributed by atoms with van der Waals surface area (Å²) in [6.07, 6.45) is 5.37. The molecule has 0 bridgehead atoms. The van der Waals surface area contributed by atoms with Crippen molar-refractivity contribution in [1.29, 1.82) is 0 Å². The molecule has 2 aliphatic heterocycles. The second kappa shape index (κ2) is 4.58. The monoisotopic (exact) mass is 239 g/mol. The number of carboxylic acid groups (broad SMARTS) is 1. The number of nitrogens with zero attached hydrogens (tertiary/aromatic N) is 1. The lowest BCUT2D eigenvalue weighted by molar-refractivity contribution is -0.149. The first kappa shape index (κ1) is 11.5. The van der Waals surface area contributed by atoms with E-state index in [-0.39, 0.29) is 6.10 Å². The van der Waals surface area contributed by atoms with Gasteiger partial charge in [0.15, 0.2) is 6.10 Å². The Morgan fingerprint density at radius 2 is 1.88 bits per heavy atom. The summed E-state index contributed by atoms with van der Waals surface area (Å²) in [4.78, 5) is 13.3. The average Bonchev–Trinajstić information content (AvgIpc) is 2.91. The molecule has 96 valence electrons. The van der Waals surface area contributed by atoms with E-state index in [1.54, 1.807) is 0 Å². The summed E-state index contributed by atoms with van der Waals surface area (Å²) in [6, 6.07) is 0. The molecule has 1 aliphatic carbocycles. The maximum absolute atomic E-state index is 10.8. The molecule has 1 saturated carbocycles. The van der Waals surface area contributed by atoms with Gasteiger partial charge in [-0.05, 0) is 37.5 Å². The lowest BCUT2D eigenvalue weighted by Crippen LogP contribution is -2.32. The number of hydrogen-bond donors (Lipinski definition) is 1. The highest BCUT2D eigenvalue weighted by atomic mass is 16.5. The molecule has 4 nitrogen and oxygen atoms in total. The zero-order chi connectivity index (χ0) is 11.8. The van der Waals surface area contributed by atoms with Gasteiger partial charge in [0.25, 0.3) is 0 Å². The third kappa shape index (κ3) is 2.33. The Balaban J connectivity index is 1.47. The number of carboxylic acids is 1. The summed E-state index contributed by atoms with van der Waals surface area (Å²) in [5.74, 6) is 1.02. The van der Waals surface area contributed by atoms with Gasteiger partial charge >= 0.3 is 5.97 Å². The highest BCUT2D eigenvalue weighted by Crippen LogP contribution is 2.38. The van der Waals surface area contributed by atoms with Gasteiger partial charge in [0.2, 0.25) is 0 Å². The fourth-order valence-electron chi connectivity index (χ4n) is 3.79. The molecular formula is C13H21NO3. The van der Waals surface area contributed by atoms with Gasteiger partial charge in [-0.3, -0.25) is 0 Å². The Bertz CT molecular complexity index is 295. The summed E-state index contributed by atoms with van der Waals surface area (Å²) >= 11 is 0. The summed E-state index contributed by atoms with van der Waals surface area (Å²) in [6.45, 7) is 3.36. The number of ether oxygens (including phenoxy) is 1. The van der Waals surface area contributed by atoms with Crippen LogP contribution in [-0.2, 0) is 9.53 Å². The largest absolute Gasteiger partial charge is 0.479 e. The smallest absolute Gasteiger partial charge is 0.332 e. The number of hydrogen-bond acceptors (Lipinski definition) is 3. The van der Waals surface area contributed by atoms with Crippen molar-refractivity contribution in [3.05, 3.63) is 0 Å². The normalized spacial score (nSPS) is 41.9. The van der Waals surface area contributed by atoms with E-state index < -0.39 is 12.1 Å². The van der Waals surface area contributed by atoms with E-state index in [9.17, 15) is 4.79 Å². The average molecular weight is 239 g/mol. The maximum Gasteiger partial charge on any atom is 0.332 e. The second-order valence-corrected chi connectivity index (χ2v) is 5.83. The molecule has 2 saturated heterocycles. The van der Waals surface area contributed by atoms with Crippen LogP contribution in [0.4, 0.5) is 0 Å². The molecule has 1 N–H and O–H groups in total. The van der Waals surface area contributed by atoms with Gasteiger partial charge < -0.3 is 14.7 Å². The quantitative estimate of drug-likeness (QED) is 0.807. The summed E-state index contributed by atoms with van der Waals surface area (Å²) in [7, 11) is 0. The molecule has 2 heterocycles. The molecule has 3 fully saturated rings. The molecular weight excluding hydrogens is 218 g/mol. The van der Waals surface area contributed by atoms with Gasteiger partial charge in [0, 0.05) is 19.6 Å². The molecule has 0 aromatic heterocycles. The van der Waals surface area contributed by atoms with E-state index in [1.165, 1.54) is 32.4 Å². The van der Waals surface area contributed by atoms with Crippen molar-refractivity contribution >= 4 is 5.97 Å². The highest BCUT2D eigenvalue weighted by molar-refractivity contribution is 5.72. The predicted molar refractivity (Wildman–Crippen MR) is 62.8 cm³/mol. The van der Waals surface area contributed by atoms with Crippen LogP contribution in [0.5, 0.6) is 0 Å². The van der Waals surface area contributed by atoms with E-state index in [0.29, 0.717) is 6.42 Å². The van der Waals surface area contributed by atoms with Gasteiger partial charge in [0.05, 0.1) is 6.10 Å². The van der Waals surface area contributed by atoms with E-state index in [2.05, 4.69) is 4.90 Å². The van der Waals surface area contributed by atoms with Crippen LogP contribution in [0.2, 0.25) is 0 Å². The summed E-state index contributed by atoms with van der Waals surface area (Å²) < 4.78 is 5.57. The zero-order valence-electron chi connectivity index (χ0n) is 10.2. The van der Waals surface area contributed by atoms with Crippen molar-refractivity contribution in [3.63, 3.8) is 0 Å². The van der Waals surface area contributed by atoms with Crippen LogP contribution < -0.4 is 0 Å². The standard InChI is InChI=1S/C13H21NO3/c15-13(16)12-5-4-11(17-12)8-14-6-9-2-1-3-10(9)7-14/h9-12H,1-8H2,(H,15,16). The van der Waals surface area contributed by atoms with Crippen molar-refractivity contribution in [3.8, 4) is 0 Å². The van der Waals surface area contributed by atoms with E-state index >= 15 is 0 Å². The Labute approximate surface area is 102 Å². The van der Waals surface area contributed by atoms with E-state index in [1.807, 2.05) is 0 Å². The van der Waals surface area contributed by atoms with Crippen molar-refractivity contribution in [2.75, 3.05) is 19.6 Å². The fraction of sp³-hybridized carbons (Fsp3) is 0.923. The number of rotatable bonds is 3. The van der Waals surface area contributed by atoms with Crippen LogP contribution in [0.1, 0.15) is 32.1 Å². The van der Waals surface area contributed by atoms with Crippen LogP contribution in [-0.4, -0.2) is 47.8 Å². The molecule has 4 atom stereocenters. The molecule has 4 unspecified atom stereocenters. The first-order valence-electron chi connectivity index (χ1n) is 6.83. The van der Waals surface area contributed by atoms with E-state index in [4.69, 9.17) is 9.84 Å². The van der Waals surface area contributed by atoms with Gasteiger partial charge in [-0.2, -0.15) is 0 Å². The maximum atomic E-state index is 10.8. The van der Waals surface area contributed by atoms with Crippen LogP contribution in [0.3, 0.4) is 0 Å². The third-order valence-electron chi connectivity index (χ3n) is 4.65. The minimum absolute atomic E-state index is 0.148. The first-order valence-corrected chi connectivity index (χ1v) is 6.83. The molecule has 0 amide bonds. The number of fused-ring (bicyclic) bond motifs is 1. The van der Waals surface area contributed by atoms with Crippen molar-refractivity contribution < 1.29 is 14.6 Å². The number of carbonyl (C=O) groups is 1. The van der Waals surface area contributed by atoms with Crippen LogP contribution in [0.15, 0.2) is 0 Å². The predicted octanol–water partition coefficient (Wildman–Crippen LogP) is 1.35. The van der Waals surface area contributed by atoms with Gasteiger partial charge in [-0.1, -0.05) is 6.42 Å². The van der Waals surface area contributed by atoms with Crippen molar-refractivity contribution in [2.24, 2.45) is 11.8 Å². The van der Waals surface area contributed by atoms with Crippen LogP contribution >= 0.6 is 0 Å². The van der Waals surface area contributed by atoms with Crippen molar-refractivity contribution in [2.45, 2.75) is 44.3 Å². The highest BCUT2D eigenvalue weighted by Gasteiger charge is 2.38. The zero-order valence-corrected chi connectivity index (χ0v) is 10.2. The SMILES string of the molecule is O=C(O)C1CCC(CN2CC3CCCC3C2)O1. The molecule has 3 rings (SSSR count). The fourth-order valence-corrected chi connectivity index (χ4v) is 3.79. The van der Waals surface area contributed by atoms with Crippen molar-refractivity contribution in [1.82, 2.24) is 4.90 Å². The van der Waals surface area contributed by atoms with Gasteiger partial charge in [0.1, 0.15) is 0 Å². The summed E-state index contributed by atoms with van der Waals surface area (Å²) in [5, 5.41) is 8.88. The lowest BCUT2D eigenvalue weighted by Gasteiger charge is -2.21. The molecule has 0 aromatic rings. The van der Waals surface area contributed by atoms with Gasteiger partial charge in [-0.15, -0.1) is 0 Å². The Hall–Kier alpha value is -0.610. The molecule has 3 aliphatic rings. The first-order chi connectivity index (χ1) is 8.22. The minimum Gasteiger partial charge on any atom is -0.479 e. The van der Waals surface area contributed by atoms with Crippen LogP contribution in [0, 0.1) is 11.8 Å². The Morgan fingerprint density at radius 1 is 1.18 bits per heavy atom. The Morgan fingerprint density at radius 3 is 2.47 bits per heavy atom. The van der Waals surface area contributed by atoms with Crippen LogP contribution in [0.25, 0.3) is 0 Å². The molecule has 0 spiro atoms. The number of likely N-dealkylation sites (tertiary alicyclic amines) is 1. The Kier molecular flexibility index (Phi) is 3.09.